The predicted molar refractivity (Wildman–Crippen MR) is 134 cm³/mol. The van der Waals surface area contributed by atoms with Gasteiger partial charge in [-0.25, -0.2) is 4.98 Å². The normalized spacial score (nSPS) is 22.2. The average Bonchev–Trinajstić information content (AvgIpc) is 3.58. The smallest absolute Gasteiger partial charge is 0.303 e. The number of carboxylic acid groups (broad SMARTS) is 1. The second-order valence-electron chi connectivity index (χ2n) is 10.2. The van der Waals surface area contributed by atoms with Crippen LogP contribution in [0.25, 0.3) is 11.3 Å². The first kappa shape index (κ1) is 24.3. The summed E-state index contributed by atoms with van der Waals surface area (Å²) < 4.78 is 7.41. The van der Waals surface area contributed by atoms with E-state index in [9.17, 15) is 9.90 Å². The molecule has 1 saturated heterocycles. The number of aliphatic hydroxyl groups excluding tert-OH is 1. The Morgan fingerprint density at radius 2 is 2.11 bits per heavy atom. The standard InChI is InChI=1S/C28H32N4O4/c1-20(33)27-29-11-14-32(27)18-24-15-25(36-30-24)23-8-6-21(7-9-23)4-5-22-16-28(17-22)10-13-31(19-28)12-2-3-26(34)35/h6-9,11,14-15,20,22,33H,2-3,10,12-13,16-19H2,1H3,(H,34,35)/t20-,22?,28?/m0/s1. The summed E-state index contributed by atoms with van der Waals surface area (Å²) in [6.07, 6.45) is 7.31. The van der Waals surface area contributed by atoms with Crippen LogP contribution in [0.3, 0.4) is 0 Å². The molecule has 188 valence electrons. The third kappa shape index (κ3) is 5.53. The molecule has 1 aliphatic heterocycles. The van der Waals surface area contributed by atoms with Crippen LogP contribution in [0.1, 0.15) is 62.2 Å². The molecule has 2 N–H and O–H groups in total. The van der Waals surface area contributed by atoms with Gasteiger partial charge in [0, 0.05) is 48.5 Å². The maximum atomic E-state index is 10.7. The number of aromatic nitrogens is 3. The molecule has 1 atom stereocenters. The van der Waals surface area contributed by atoms with Gasteiger partial charge in [0.05, 0.1) is 6.54 Å². The van der Waals surface area contributed by atoms with E-state index in [4.69, 9.17) is 9.63 Å². The minimum Gasteiger partial charge on any atom is -0.481 e. The number of aliphatic hydroxyl groups is 1. The molecule has 1 aliphatic carbocycles. The minimum atomic E-state index is -0.709. The average molecular weight is 489 g/mol. The number of carbonyl (C=O) groups is 1. The van der Waals surface area contributed by atoms with Gasteiger partial charge >= 0.3 is 5.97 Å². The third-order valence-electron chi connectivity index (χ3n) is 7.34. The molecule has 0 amide bonds. The summed E-state index contributed by atoms with van der Waals surface area (Å²) in [5, 5.41) is 22.8. The molecule has 1 saturated carbocycles. The number of benzene rings is 1. The highest BCUT2D eigenvalue weighted by Crippen LogP contribution is 2.51. The number of carboxylic acids is 1. The van der Waals surface area contributed by atoms with Gasteiger partial charge in [0.2, 0.25) is 0 Å². The van der Waals surface area contributed by atoms with Gasteiger partial charge in [0.15, 0.2) is 5.76 Å². The maximum absolute atomic E-state index is 10.7. The highest BCUT2D eigenvalue weighted by molar-refractivity contribution is 5.66. The van der Waals surface area contributed by atoms with E-state index in [1.807, 2.05) is 41.1 Å². The highest BCUT2D eigenvalue weighted by Gasteiger charge is 2.47. The fourth-order valence-electron chi connectivity index (χ4n) is 5.52. The van der Waals surface area contributed by atoms with Gasteiger partial charge in [0.1, 0.15) is 17.6 Å². The van der Waals surface area contributed by atoms with E-state index in [1.165, 1.54) is 6.42 Å². The zero-order valence-corrected chi connectivity index (χ0v) is 20.6. The van der Waals surface area contributed by atoms with Gasteiger partial charge in [-0.1, -0.05) is 17.0 Å². The van der Waals surface area contributed by atoms with Crippen LogP contribution in [0.5, 0.6) is 0 Å². The zero-order chi connectivity index (χ0) is 25.1. The van der Waals surface area contributed by atoms with Crippen LogP contribution < -0.4 is 0 Å². The van der Waals surface area contributed by atoms with Crippen molar-refractivity contribution in [3.8, 4) is 23.2 Å². The Hall–Kier alpha value is -3.41. The Morgan fingerprint density at radius 3 is 2.86 bits per heavy atom. The highest BCUT2D eigenvalue weighted by atomic mass is 16.5. The summed E-state index contributed by atoms with van der Waals surface area (Å²) in [7, 11) is 0. The van der Waals surface area contributed by atoms with Crippen LogP contribution in [0, 0.1) is 23.2 Å². The summed E-state index contributed by atoms with van der Waals surface area (Å²) in [5.41, 5.74) is 3.08. The molecule has 8 heteroatoms. The van der Waals surface area contributed by atoms with Crippen molar-refractivity contribution in [2.45, 2.75) is 51.7 Å². The van der Waals surface area contributed by atoms with E-state index in [0.29, 0.717) is 29.5 Å². The van der Waals surface area contributed by atoms with Crippen LogP contribution in [0.4, 0.5) is 0 Å². The quantitative estimate of drug-likeness (QED) is 0.463. The summed E-state index contributed by atoms with van der Waals surface area (Å²) in [5.74, 6) is 7.80. The molecular formula is C28H32N4O4. The Bertz CT molecular complexity index is 1260. The van der Waals surface area contributed by atoms with Crippen molar-refractivity contribution in [3.63, 3.8) is 0 Å². The number of hydrogen-bond donors (Lipinski definition) is 2. The lowest BCUT2D eigenvalue weighted by atomic mass is 9.62. The van der Waals surface area contributed by atoms with E-state index in [-0.39, 0.29) is 6.42 Å². The monoisotopic (exact) mass is 488 g/mol. The number of rotatable bonds is 8. The van der Waals surface area contributed by atoms with Crippen molar-refractivity contribution >= 4 is 5.97 Å². The SMILES string of the molecule is C[C@H](O)c1nccn1Cc1cc(-c2ccc(C#CC3CC4(CCN(CCCC(=O)O)C4)C3)cc2)on1. The molecule has 1 spiro atoms. The topological polar surface area (TPSA) is 105 Å². The van der Waals surface area contributed by atoms with Crippen molar-refractivity contribution in [1.29, 1.82) is 0 Å². The van der Waals surface area contributed by atoms with Crippen LogP contribution in [0.15, 0.2) is 47.2 Å². The molecule has 36 heavy (non-hydrogen) atoms. The molecule has 0 unspecified atom stereocenters. The van der Waals surface area contributed by atoms with Gasteiger partial charge < -0.3 is 24.2 Å². The first-order valence-electron chi connectivity index (χ1n) is 12.6. The third-order valence-corrected chi connectivity index (χ3v) is 7.34. The Labute approximate surface area is 210 Å². The van der Waals surface area contributed by atoms with E-state index in [2.05, 4.69) is 26.9 Å². The lowest BCUT2D eigenvalue weighted by molar-refractivity contribution is -0.137. The Morgan fingerprint density at radius 1 is 1.31 bits per heavy atom. The lowest BCUT2D eigenvalue weighted by Gasteiger charge is -2.43. The largest absolute Gasteiger partial charge is 0.481 e. The molecule has 1 aromatic carbocycles. The van der Waals surface area contributed by atoms with Gasteiger partial charge in [-0.3, -0.25) is 4.79 Å². The molecule has 2 fully saturated rings. The number of imidazole rings is 1. The van der Waals surface area contributed by atoms with Gasteiger partial charge in [-0.15, -0.1) is 0 Å². The summed E-state index contributed by atoms with van der Waals surface area (Å²) in [6.45, 7) is 5.22. The van der Waals surface area contributed by atoms with Crippen molar-refractivity contribution < 1.29 is 19.5 Å². The summed E-state index contributed by atoms with van der Waals surface area (Å²) in [4.78, 5) is 17.3. The predicted octanol–water partition coefficient (Wildman–Crippen LogP) is 3.96. The Balaban J connectivity index is 1.12. The van der Waals surface area contributed by atoms with E-state index < -0.39 is 12.1 Å². The second kappa shape index (κ2) is 10.3. The van der Waals surface area contributed by atoms with Crippen molar-refractivity contribution in [3.05, 3.63) is 59.8 Å². The minimum absolute atomic E-state index is 0.254. The number of hydrogen-bond acceptors (Lipinski definition) is 6. The maximum Gasteiger partial charge on any atom is 0.303 e. The van der Waals surface area contributed by atoms with Crippen LogP contribution in [-0.4, -0.2) is 55.4 Å². The summed E-state index contributed by atoms with van der Waals surface area (Å²) in [6, 6.07) is 9.94. The molecule has 5 rings (SSSR count). The van der Waals surface area contributed by atoms with Gasteiger partial charge in [-0.05, 0) is 75.4 Å². The molecular weight excluding hydrogens is 456 g/mol. The molecule has 3 heterocycles. The molecule has 3 aromatic rings. The van der Waals surface area contributed by atoms with Crippen molar-refractivity contribution in [2.75, 3.05) is 19.6 Å². The zero-order valence-electron chi connectivity index (χ0n) is 20.6. The first-order valence-corrected chi connectivity index (χ1v) is 12.6. The van der Waals surface area contributed by atoms with Crippen molar-refractivity contribution in [1.82, 2.24) is 19.6 Å². The fraction of sp³-hybridized carbons (Fsp3) is 0.464. The molecule has 2 aromatic heterocycles. The molecule has 2 aliphatic rings. The number of likely N-dealkylation sites (tertiary alicyclic amines) is 1. The van der Waals surface area contributed by atoms with Crippen LogP contribution >= 0.6 is 0 Å². The van der Waals surface area contributed by atoms with E-state index >= 15 is 0 Å². The molecule has 8 nitrogen and oxygen atoms in total. The van der Waals surface area contributed by atoms with E-state index in [0.717, 1.165) is 55.7 Å². The van der Waals surface area contributed by atoms with Crippen LogP contribution in [0.2, 0.25) is 0 Å². The summed E-state index contributed by atoms with van der Waals surface area (Å²) >= 11 is 0. The lowest BCUT2D eigenvalue weighted by Crippen LogP contribution is -2.39. The first-order chi connectivity index (χ1) is 17.4. The van der Waals surface area contributed by atoms with Crippen LogP contribution in [-0.2, 0) is 11.3 Å². The van der Waals surface area contributed by atoms with Gasteiger partial charge in [0.25, 0.3) is 0 Å². The molecule has 0 radical (unpaired) electrons. The van der Waals surface area contributed by atoms with Crippen molar-refractivity contribution in [2.24, 2.45) is 11.3 Å². The second-order valence-corrected chi connectivity index (χ2v) is 10.2. The number of aliphatic carboxylic acids is 1. The fourth-order valence-corrected chi connectivity index (χ4v) is 5.52. The van der Waals surface area contributed by atoms with E-state index in [1.54, 1.807) is 13.1 Å². The van der Waals surface area contributed by atoms with Gasteiger partial charge in [-0.2, -0.15) is 0 Å². The Kier molecular flexibility index (Phi) is 6.95. The molecule has 0 bridgehead atoms. The number of nitrogens with zero attached hydrogens (tertiary/aromatic N) is 4.